The molecule has 0 aliphatic carbocycles. The molecule has 654 valence electrons. The summed E-state index contributed by atoms with van der Waals surface area (Å²) in [5.74, 6) is 0. The van der Waals surface area contributed by atoms with Gasteiger partial charge in [0.2, 0.25) is 0 Å². The summed E-state index contributed by atoms with van der Waals surface area (Å²) in [5.41, 5.74) is 22.8. The Labute approximate surface area is 820 Å². The van der Waals surface area contributed by atoms with E-state index in [-0.39, 0.29) is 0 Å². The van der Waals surface area contributed by atoms with Crippen LogP contribution in [0.1, 0.15) is 0 Å². The molecular weight excluding hydrogens is 1770 g/mol. The Morgan fingerprint density at radius 2 is 0.426 bits per heavy atom. The second-order valence-electron chi connectivity index (χ2n) is 36.0. The van der Waals surface area contributed by atoms with Crippen molar-refractivity contribution < 1.29 is 0 Å². The van der Waals surface area contributed by atoms with E-state index < -0.39 is 0 Å². The minimum Gasteiger partial charge on any atom is -0.265 e. The van der Waals surface area contributed by atoms with Crippen LogP contribution < -0.4 is 0 Å². The van der Waals surface area contributed by atoms with Crippen molar-refractivity contribution in [2.75, 3.05) is 0 Å². The number of hydrogen-bond acceptors (Lipinski definition) is 11. The number of aromatic nitrogens is 8. The summed E-state index contributed by atoms with van der Waals surface area (Å²) < 4.78 is 7.87. The standard InChI is InChI=1S/C49H29N3S.C43H25N3S.C38H22N2S/c1-3-16-38-36(14-1)45(34-26-32(30-11-9-23-50-28-30)25-33(27-34)31-12-10-24-51-29-31)37-15-2-4-17-39(37)46(38)48-42-22-21-40-35-13-6-8-20-44(35)53-49(40)47(42)41-18-5-7-19-43(41)52-48;1-3-13-30-28(11-1)39(37-18-9-17-35(45-37)26-22-24-44-25-23-26)29-12-2-4-14-31(29)40(30)42-34-21-20-32-27-10-6-8-19-38(27)47-43(32)41(34)33-15-5-7-16-36(33)46-42;1-3-12-27-25(10-1)34(23-19-21-39-22-20-23)26-11-2-4-13-28(26)35(27)37-31-18-17-29-24-9-6-8-16-33(24)41-38(29)36(31)30-14-5-7-15-32(30)40-37/h1-29H;1-25H;1-22H. The van der Waals surface area contributed by atoms with Crippen molar-refractivity contribution in [1.29, 1.82) is 0 Å². The molecule has 11 heteroatoms. The summed E-state index contributed by atoms with van der Waals surface area (Å²) in [6.07, 6.45) is 14.9. The SMILES string of the molecule is c1cc(-c2ccncc2)nc(-c2c3ccccc3c(-c3nc4ccccc4c4c3ccc3c5ccccc5sc34)c3ccccc23)c1.c1ccc2c(c1)nc(-c1c3ccccc3c(-c3ccncc3)c3ccccc13)c1ccc3c4ccccc4sc3c12.c1cncc(-c2cc(-c3cccnc3)cc(-c3c4ccccc4c(-c4nc5ccccc5c5c4ccc4c6ccccc6sc45)c4ccccc34)c2)c1. The van der Waals surface area contributed by atoms with E-state index in [9.17, 15) is 0 Å². The Balaban J connectivity index is 0.000000104. The molecular formula is C130H76N8S3. The minimum absolute atomic E-state index is 0.927. The predicted molar refractivity (Wildman–Crippen MR) is 599 cm³/mol. The molecule has 0 aliphatic rings. The molecule has 0 N–H and O–H groups in total. The normalized spacial score (nSPS) is 11.8. The first-order valence-electron chi connectivity index (χ1n) is 47.4. The molecule has 30 rings (SSSR count). The highest BCUT2D eigenvalue weighted by molar-refractivity contribution is 7.27. The Kier molecular flexibility index (Phi) is 19.4. The van der Waals surface area contributed by atoms with Crippen molar-refractivity contribution in [1.82, 2.24) is 39.9 Å². The lowest BCUT2D eigenvalue weighted by molar-refractivity contribution is 1.29. The Bertz CT molecular complexity index is 10200. The molecule has 11 aromatic heterocycles. The highest BCUT2D eigenvalue weighted by Crippen LogP contribution is 2.55. The number of thiophene rings is 3. The predicted octanol–water partition coefficient (Wildman–Crippen LogP) is 36.2. The zero-order valence-electron chi connectivity index (χ0n) is 75.7. The summed E-state index contributed by atoms with van der Waals surface area (Å²) in [5, 5.41) is 33.0. The van der Waals surface area contributed by atoms with E-state index in [1.807, 2.05) is 108 Å². The first kappa shape index (κ1) is 81.5. The summed E-state index contributed by atoms with van der Waals surface area (Å²) >= 11 is 5.64. The summed E-state index contributed by atoms with van der Waals surface area (Å²) in [4.78, 5) is 39.1. The van der Waals surface area contributed by atoms with Crippen LogP contribution in [0.4, 0.5) is 0 Å². The van der Waals surface area contributed by atoms with Gasteiger partial charge in [0.1, 0.15) is 0 Å². The molecule has 0 saturated carbocycles. The lowest BCUT2D eigenvalue weighted by Gasteiger charge is -2.20. The minimum atomic E-state index is 0.927. The molecule has 11 heterocycles. The van der Waals surface area contributed by atoms with E-state index in [1.54, 1.807) is 0 Å². The lowest BCUT2D eigenvalue weighted by Crippen LogP contribution is -1.96. The number of hydrogen-bond donors (Lipinski definition) is 0. The molecule has 0 atom stereocenters. The molecule has 0 saturated heterocycles. The van der Waals surface area contributed by atoms with Crippen LogP contribution in [0.15, 0.2) is 462 Å². The summed E-state index contributed by atoms with van der Waals surface area (Å²) in [6, 6.07) is 148. The van der Waals surface area contributed by atoms with Gasteiger partial charge in [-0.15, -0.1) is 34.0 Å². The van der Waals surface area contributed by atoms with Crippen molar-refractivity contribution in [3.8, 4) is 101 Å². The van der Waals surface area contributed by atoms with Gasteiger partial charge in [-0.05, 0) is 201 Å². The van der Waals surface area contributed by atoms with Crippen molar-refractivity contribution in [3.05, 3.63) is 462 Å². The van der Waals surface area contributed by atoms with Gasteiger partial charge in [-0.3, -0.25) is 19.9 Å². The van der Waals surface area contributed by atoms with E-state index in [0.29, 0.717) is 0 Å². The van der Waals surface area contributed by atoms with Crippen LogP contribution >= 0.6 is 34.0 Å². The monoisotopic (exact) mass is 1840 g/mol. The highest BCUT2D eigenvalue weighted by atomic mass is 32.1. The average Bonchev–Trinajstić information content (AvgIpc) is 1.69. The van der Waals surface area contributed by atoms with Gasteiger partial charge in [0, 0.05) is 198 Å². The fourth-order valence-electron chi connectivity index (χ4n) is 22.2. The van der Waals surface area contributed by atoms with E-state index in [2.05, 4.69) is 408 Å². The number of para-hydroxylation sites is 3. The van der Waals surface area contributed by atoms with Crippen LogP contribution in [-0.4, -0.2) is 39.9 Å². The average molecular weight is 1850 g/mol. The summed E-state index contributed by atoms with van der Waals surface area (Å²) in [6.45, 7) is 0. The zero-order valence-corrected chi connectivity index (χ0v) is 78.1. The van der Waals surface area contributed by atoms with Crippen molar-refractivity contribution in [3.63, 3.8) is 0 Å². The molecule has 0 radical (unpaired) electrons. The topological polar surface area (TPSA) is 103 Å². The molecule has 19 aromatic carbocycles. The smallest absolute Gasteiger partial charge is 0.0801 e. The third-order valence-electron chi connectivity index (χ3n) is 28.3. The number of rotatable bonds is 9. The van der Waals surface area contributed by atoms with Crippen molar-refractivity contribution in [2.45, 2.75) is 0 Å². The summed E-state index contributed by atoms with van der Waals surface area (Å²) in [7, 11) is 0. The molecule has 0 fully saturated rings. The maximum atomic E-state index is 5.54. The second kappa shape index (κ2) is 33.6. The van der Waals surface area contributed by atoms with Crippen molar-refractivity contribution in [2.24, 2.45) is 0 Å². The van der Waals surface area contributed by atoms with Gasteiger partial charge in [0.05, 0.1) is 45.0 Å². The highest BCUT2D eigenvalue weighted by Gasteiger charge is 2.29. The van der Waals surface area contributed by atoms with Gasteiger partial charge < -0.3 is 0 Å². The maximum Gasteiger partial charge on any atom is 0.0801 e. The number of benzene rings is 19. The number of fused-ring (bicyclic) bond motifs is 27. The maximum absolute atomic E-state index is 5.54. The molecule has 141 heavy (non-hydrogen) atoms. The third kappa shape index (κ3) is 13.4. The van der Waals surface area contributed by atoms with Gasteiger partial charge in [0.25, 0.3) is 0 Å². The fourth-order valence-corrected chi connectivity index (χ4v) is 26.0. The molecule has 30 aromatic rings. The van der Waals surface area contributed by atoms with Crippen LogP contribution in [0.25, 0.3) is 291 Å². The second-order valence-corrected chi connectivity index (χ2v) is 39.2. The van der Waals surface area contributed by atoms with E-state index in [4.69, 9.17) is 19.9 Å². The Morgan fingerprint density at radius 1 is 0.149 bits per heavy atom. The zero-order chi connectivity index (χ0) is 92.7. The van der Waals surface area contributed by atoms with Crippen LogP contribution in [0.2, 0.25) is 0 Å². The third-order valence-corrected chi connectivity index (χ3v) is 31.9. The molecule has 0 spiro atoms. The van der Waals surface area contributed by atoms with Gasteiger partial charge in [0.15, 0.2) is 0 Å². The quantitative estimate of drug-likeness (QED) is 0.104. The van der Waals surface area contributed by atoms with E-state index >= 15 is 0 Å². The van der Waals surface area contributed by atoms with Crippen LogP contribution in [0.3, 0.4) is 0 Å². The first-order chi connectivity index (χ1) is 70.0. The Hall–Kier alpha value is -17.8. The van der Waals surface area contributed by atoms with E-state index in [0.717, 1.165) is 117 Å². The van der Waals surface area contributed by atoms with Gasteiger partial charge in [-0.2, -0.15) is 0 Å². The molecule has 0 unspecified atom stereocenters. The van der Waals surface area contributed by atoms with Gasteiger partial charge in [-0.1, -0.05) is 309 Å². The Morgan fingerprint density at radius 3 is 0.766 bits per heavy atom. The fraction of sp³-hybridized carbons (Fsp3) is 0. The number of nitrogens with zero attached hydrogens (tertiary/aromatic N) is 8. The van der Waals surface area contributed by atoms with E-state index in [1.165, 1.54) is 174 Å². The largest absolute Gasteiger partial charge is 0.265 e. The van der Waals surface area contributed by atoms with Crippen LogP contribution in [-0.2, 0) is 0 Å². The van der Waals surface area contributed by atoms with Gasteiger partial charge >= 0.3 is 0 Å². The van der Waals surface area contributed by atoms with Crippen molar-refractivity contribution >= 4 is 224 Å². The van der Waals surface area contributed by atoms with Crippen LogP contribution in [0, 0.1) is 0 Å². The van der Waals surface area contributed by atoms with Gasteiger partial charge in [-0.25, -0.2) is 19.9 Å². The lowest BCUT2D eigenvalue weighted by atomic mass is 9.84. The molecule has 0 amide bonds. The van der Waals surface area contributed by atoms with Crippen LogP contribution in [0.5, 0.6) is 0 Å². The first-order valence-corrected chi connectivity index (χ1v) is 49.9. The molecule has 0 bridgehead atoms. The number of pyridine rings is 8. The molecule has 0 aliphatic heterocycles. The molecule has 8 nitrogen and oxygen atoms in total.